The summed E-state index contributed by atoms with van der Waals surface area (Å²) in [4.78, 5) is 14.3. The normalized spacial score (nSPS) is 10.4. The van der Waals surface area contributed by atoms with Crippen LogP contribution < -0.4 is 0 Å². The number of aromatic amines is 1. The number of ether oxygens (including phenoxy) is 1. The van der Waals surface area contributed by atoms with E-state index >= 15 is 0 Å². The Morgan fingerprint density at radius 2 is 2.43 bits per heavy atom. The zero-order valence-corrected chi connectivity index (χ0v) is 7.83. The molecule has 0 saturated heterocycles. The van der Waals surface area contributed by atoms with Gasteiger partial charge in [0.1, 0.15) is 0 Å². The van der Waals surface area contributed by atoms with Gasteiger partial charge in [0.15, 0.2) is 0 Å². The van der Waals surface area contributed by atoms with Crippen LogP contribution >= 0.6 is 0 Å². The minimum atomic E-state index is -0.288. The van der Waals surface area contributed by atoms with E-state index in [9.17, 15) is 4.79 Å². The summed E-state index contributed by atoms with van der Waals surface area (Å²) >= 11 is 0. The topological polar surface area (TPSA) is 42.1 Å². The molecule has 1 N–H and O–H groups in total. The van der Waals surface area contributed by atoms with Gasteiger partial charge in [-0.05, 0) is 25.1 Å². The first-order valence-electron chi connectivity index (χ1n) is 4.47. The Hall–Kier alpha value is -1.77. The van der Waals surface area contributed by atoms with Gasteiger partial charge in [0.25, 0.3) is 0 Å². The molecule has 0 amide bonds. The molecule has 3 heteroatoms. The van der Waals surface area contributed by atoms with E-state index in [1.807, 2.05) is 12.1 Å². The number of rotatable bonds is 2. The average Bonchev–Trinajstić information content (AvgIpc) is 2.64. The minimum absolute atomic E-state index is 0.288. The molecule has 0 aliphatic heterocycles. The van der Waals surface area contributed by atoms with E-state index in [-0.39, 0.29) is 5.97 Å². The molecule has 1 aromatic carbocycles. The zero-order valence-electron chi connectivity index (χ0n) is 7.83. The molecule has 0 spiro atoms. The van der Waals surface area contributed by atoms with E-state index in [1.165, 1.54) is 0 Å². The largest absolute Gasteiger partial charge is 0.462 e. The third kappa shape index (κ3) is 1.48. The number of esters is 1. The molecule has 0 atom stereocenters. The standard InChI is InChI=1S/C11H10NO2/c1-2-14-11(13)9-4-3-8-5-6-12-10(8)7-9/h3-5,7,12H,2H2,1H3. The highest BCUT2D eigenvalue weighted by Crippen LogP contribution is 2.14. The summed E-state index contributed by atoms with van der Waals surface area (Å²) in [6.07, 6.45) is 2.86. The third-order valence-corrected chi connectivity index (χ3v) is 2.00. The number of hydrogen-bond acceptors (Lipinski definition) is 2. The molecule has 0 unspecified atom stereocenters. The molecule has 0 fully saturated rings. The number of aromatic nitrogens is 1. The maximum absolute atomic E-state index is 11.4. The van der Waals surface area contributed by atoms with Crippen LogP contribution in [0, 0.1) is 6.20 Å². The van der Waals surface area contributed by atoms with Crippen molar-refractivity contribution in [3.8, 4) is 0 Å². The molecule has 0 aliphatic carbocycles. The average molecular weight is 188 g/mol. The Kier molecular flexibility index (Phi) is 2.23. The minimum Gasteiger partial charge on any atom is -0.462 e. The maximum atomic E-state index is 11.4. The fourth-order valence-corrected chi connectivity index (χ4v) is 1.32. The number of nitrogens with one attached hydrogen (secondary N) is 1. The summed E-state index contributed by atoms with van der Waals surface area (Å²) < 4.78 is 4.89. The third-order valence-electron chi connectivity index (χ3n) is 2.00. The van der Waals surface area contributed by atoms with Crippen molar-refractivity contribution in [1.82, 2.24) is 4.98 Å². The predicted molar refractivity (Wildman–Crippen MR) is 53.1 cm³/mol. The molecule has 71 valence electrons. The van der Waals surface area contributed by atoms with Gasteiger partial charge >= 0.3 is 5.97 Å². The van der Waals surface area contributed by atoms with E-state index in [1.54, 1.807) is 19.1 Å². The molecule has 0 aliphatic rings. The van der Waals surface area contributed by atoms with Crippen LogP contribution in [0.15, 0.2) is 24.3 Å². The van der Waals surface area contributed by atoms with E-state index in [0.29, 0.717) is 12.2 Å². The zero-order chi connectivity index (χ0) is 9.97. The summed E-state index contributed by atoms with van der Waals surface area (Å²) in [5.74, 6) is -0.288. The van der Waals surface area contributed by atoms with E-state index in [4.69, 9.17) is 4.74 Å². The molecule has 0 bridgehead atoms. The Morgan fingerprint density at radius 1 is 1.57 bits per heavy atom. The number of carbonyl (C=O) groups excluding carboxylic acids is 1. The summed E-state index contributed by atoms with van der Waals surface area (Å²) in [5.41, 5.74) is 1.46. The molecular weight excluding hydrogens is 178 g/mol. The molecule has 0 saturated carbocycles. The molecule has 2 aromatic rings. The van der Waals surface area contributed by atoms with Gasteiger partial charge in [0.2, 0.25) is 0 Å². The van der Waals surface area contributed by atoms with Crippen molar-refractivity contribution in [2.75, 3.05) is 6.61 Å². The van der Waals surface area contributed by atoms with Crippen molar-refractivity contribution in [3.63, 3.8) is 0 Å². The molecule has 1 aromatic heterocycles. The van der Waals surface area contributed by atoms with Crippen molar-refractivity contribution < 1.29 is 9.53 Å². The van der Waals surface area contributed by atoms with Gasteiger partial charge in [-0.3, -0.25) is 0 Å². The molecule has 2 rings (SSSR count). The van der Waals surface area contributed by atoms with Gasteiger partial charge in [0, 0.05) is 10.9 Å². The van der Waals surface area contributed by atoms with Crippen LogP contribution in [0.5, 0.6) is 0 Å². The lowest BCUT2D eigenvalue weighted by molar-refractivity contribution is 0.0526. The van der Waals surface area contributed by atoms with Crippen LogP contribution in [0.2, 0.25) is 0 Å². The van der Waals surface area contributed by atoms with E-state index in [2.05, 4.69) is 11.2 Å². The number of fused-ring (bicyclic) bond motifs is 1. The first-order chi connectivity index (χ1) is 6.81. The van der Waals surface area contributed by atoms with Gasteiger partial charge in [0.05, 0.1) is 18.4 Å². The van der Waals surface area contributed by atoms with Crippen LogP contribution in [-0.4, -0.2) is 17.6 Å². The smallest absolute Gasteiger partial charge is 0.338 e. The van der Waals surface area contributed by atoms with Gasteiger partial charge < -0.3 is 9.72 Å². The fraction of sp³-hybridized carbons (Fsp3) is 0.182. The van der Waals surface area contributed by atoms with Crippen LogP contribution in [0.4, 0.5) is 0 Å². The Labute approximate surface area is 81.7 Å². The van der Waals surface area contributed by atoms with E-state index in [0.717, 1.165) is 10.9 Å². The quantitative estimate of drug-likeness (QED) is 0.733. The summed E-state index contributed by atoms with van der Waals surface area (Å²) in [5, 5.41) is 1.04. The first-order valence-corrected chi connectivity index (χ1v) is 4.47. The Balaban J connectivity index is 2.38. The molecular formula is C11H10NO2. The summed E-state index contributed by atoms with van der Waals surface area (Å²) in [7, 11) is 0. The number of carbonyl (C=O) groups is 1. The van der Waals surface area contributed by atoms with Crippen LogP contribution in [0.1, 0.15) is 17.3 Å². The second-order valence-electron chi connectivity index (χ2n) is 2.94. The molecule has 14 heavy (non-hydrogen) atoms. The lowest BCUT2D eigenvalue weighted by atomic mass is 10.2. The Morgan fingerprint density at radius 3 is 3.21 bits per heavy atom. The van der Waals surface area contributed by atoms with Crippen LogP contribution in [0.25, 0.3) is 10.9 Å². The van der Waals surface area contributed by atoms with Gasteiger partial charge in [-0.1, -0.05) is 6.07 Å². The SMILES string of the molecule is CCOC(=O)c1ccc2c[c][nH]c2c1. The highest BCUT2D eigenvalue weighted by atomic mass is 16.5. The predicted octanol–water partition coefficient (Wildman–Crippen LogP) is 2.14. The van der Waals surface area contributed by atoms with Crippen LogP contribution in [-0.2, 0) is 4.74 Å². The van der Waals surface area contributed by atoms with Gasteiger partial charge in [-0.25, -0.2) is 4.79 Å². The second-order valence-corrected chi connectivity index (χ2v) is 2.94. The maximum Gasteiger partial charge on any atom is 0.338 e. The lowest BCUT2D eigenvalue weighted by Crippen LogP contribution is -2.03. The van der Waals surface area contributed by atoms with Crippen molar-refractivity contribution in [2.45, 2.75) is 6.92 Å². The second kappa shape index (κ2) is 3.54. The van der Waals surface area contributed by atoms with Crippen LogP contribution in [0.3, 0.4) is 0 Å². The monoisotopic (exact) mass is 188 g/mol. The highest BCUT2D eigenvalue weighted by Gasteiger charge is 2.06. The van der Waals surface area contributed by atoms with Crippen molar-refractivity contribution in [3.05, 3.63) is 36.0 Å². The summed E-state index contributed by atoms with van der Waals surface area (Å²) in [6, 6.07) is 7.23. The molecule has 1 radical (unpaired) electrons. The Bertz CT molecular complexity index is 459. The first kappa shape index (κ1) is 8.81. The highest BCUT2D eigenvalue weighted by molar-refractivity contribution is 5.94. The molecule has 1 heterocycles. The van der Waals surface area contributed by atoms with Gasteiger partial charge in [-0.2, -0.15) is 0 Å². The lowest BCUT2D eigenvalue weighted by Gasteiger charge is -2.00. The van der Waals surface area contributed by atoms with Crippen molar-refractivity contribution >= 4 is 16.9 Å². The fourth-order valence-electron chi connectivity index (χ4n) is 1.32. The van der Waals surface area contributed by atoms with E-state index < -0.39 is 0 Å². The number of benzene rings is 1. The van der Waals surface area contributed by atoms with Crippen molar-refractivity contribution in [1.29, 1.82) is 0 Å². The van der Waals surface area contributed by atoms with Crippen molar-refractivity contribution in [2.24, 2.45) is 0 Å². The number of hydrogen-bond donors (Lipinski definition) is 1. The number of H-pyrrole nitrogens is 1. The summed E-state index contributed by atoms with van der Waals surface area (Å²) in [6.45, 7) is 2.19. The van der Waals surface area contributed by atoms with Gasteiger partial charge in [-0.15, -0.1) is 0 Å². The molecule has 3 nitrogen and oxygen atoms in total.